The topological polar surface area (TPSA) is 97.7 Å². The van der Waals surface area contributed by atoms with Crippen LogP contribution in [0.3, 0.4) is 0 Å². The first-order valence-corrected chi connectivity index (χ1v) is 7.97. The molecule has 0 heterocycles. The third-order valence-corrected chi connectivity index (χ3v) is 4.12. The first-order chi connectivity index (χ1) is 8.71. The van der Waals surface area contributed by atoms with Crippen LogP contribution in [0, 0.1) is 19.8 Å². The van der Waals surface area contributed by atoms with E-state index in [1.165, 1.54) is 12.1 Å². The van der Waals surface area contributed by atoms with E-state index in [9.17, 15) is 16.8 Å². The summed E-state index contributed by atoms with van der Waals surface area (Å²) >= 11 is 0. The van der Waals surface area contributed by atoms with Gasteiger partial charge in [-0.15, -0.1) is 12.8 Å². The molecule has 1 rings (SSSR count). The van der Waals surface area contributed by atoms with Gasteiger partial charge in [0.15, 0.2) is 9.84 Å². The molecule has 0 radical (unpaired) electrons. The Hall–Kier alpha value is -1.40. The number of sulfone groups is 1. The maximum absolute atomic E-state index is 11.7. The van der Waals surface area contributed by atoms with Gasteiger partial charge in [-0.1, -0.05) is 17.7 Å². The lowest BCUT2D eigenvalue weighted by Crippen LogP contribution is -2.15. The van der Waals surface area contributed by atoms with Gasteiger partial charge in [-0.25, -0.2) is 12.6 Å². The first kappa shape index (κ1) is 17.6. The Kier molecular flexibility index (Phi) is 6.72. The van der Waals surface area contributed by atoms with Gasteiger partial charge in [0.1, 0.15) is 0 Å². The van der Waals surface area contributed by atoms with E-state index < -0.39 is 32.6 Å². The summed E-state index contributed by atoms with van der Waals surface area (Å²) in [4.78, 5) is 0.0852. The zero-order valence-electron chi connectivity index (χ0n) is 10.2. The molecule has 106 valence electrons. The SMILES string of the molecule is C#C.Cc1ccc(S(=O)(=O)CCOS(=O)(=O)O)cc1. The molecule has 0 amide bonds. The molecule has 1 aromatic rings. The van der Waals surface area contributed by atoms with Gasteiger partial charge in [-0.05, 0) is 19.1 Å². The van der Waals surface area contributed by atoms with Gasteiger partial charge in [0.25, 0.3) is 0 Å². The first-order valence-electron chi connectivity index (χ1n) is 4.95. The molecule has 0 saturated heterocycles. The van der Waals surface area contributed by atoms with Crippen LogP contribution in [0.4, 0.5) is 0 Å². The van der Waals surface area contributed by atoms with Crippen LogP contribution in [0.25, 0.3) is 0 Å². The minimum atomic E-state index is -4.60. The van der Waals surface area contributed by atoms with Crippen LogP contribution in [0.5, 0.6) is 0 Å². The van der Waals surface area contributed by atoms with E-state index in [-0.39, 0.29) is 4.90 Å². The van der Waals surface area contributed by atoms with Crippen LogP contribution in [0.1, 0.15) is 5.56 Å². The molecule has 0 atom stereocenters. The van der Waals surface area contributed by atoms with E-state index in [0.29, 0.717) is 0 Å². The lowest BCUT2D eigenvalue weighted by atomic mass is 10.2. The molecule has 0 aliphatic heterocycles. The quantitative estimate of drug-likeness (QED) is 0.639. The summed E-state index contributed by atoms with van der Waals surface area (Å²) in [5.41, 5.74) is 0.915. The molecule has 0 aliphatic carbocycles. The molecular weight excluding hydrogens is 292 g/mol. The molecule has 0 bridgehead atoms. The van der Waals surface area contributed by atoms with E-state index in [4.69, 9.17) is 4.55 Å². The second kappa shape index (κ2) is 7.25. The molecule has 8 heteroatoms. The molecule has 0 saturated carbocycles. The van der Waals surface area contributed by atoms with Gasteiger partial charge in [0.05, 0.1) is 17.3 Å². The Labute approximate surface area is 113 Å². The Morgan fingerprint density at radius 3 is 2.00 bits per heavy atom. The van der Waals surface area contributed by atoms with Gasteiger partial charge in [0, 0.05) is 0 Å². The third-order valence-electron chi connectivity index (χ3n) is 1.96. The van der Waals surface area contributed by atoms with Gasteiger partial charge in [0.2, 0.25) is 0 Å². The molecule has 1 aromatic carbocycles. The van der Waals surface area contributed by atoms with E-state index in [1.54, 1.807) is 12.1 Å². The highest BCUT2D eigenvalue weighted by molar-refractivity contribution is 7.91. The summed E-state index contributed by atoms with van der Waals surface area (Å²) in [5.74, 6) is -0.518. The average molecular weight is 306 g/mol. The van der Waals surface area contributed by atoms with Crippen molar-refractivity contribution < 1.29 is 25.6 Å². The highest BCUT2D eigenvalue weighted by Gasteiger charge is 2.15. The summed E-state index contributed by atoms with van der Waals surface area (Å²) in [6.45, 7) is 1.20. The number of hydrogen-bond acceptors (Lipinski definition) is 5. The van der Waals surface area contributed by atoms with Crippen LogP contribution >= 0.6 is 0 Å². The van der Waals surface area contributed by atoms with Crippen molar-refractivity contribution in [1.29, 1.82) is 0 Å². The molecule has 6 nitrogen and oxygen atoms in total. The normalized spacial score (nSPS) is 11.4. The number of rotatable bonds is 5. The second-order valence-corrected chi connectivity index (χ2v) is 6.58. The minimum Gasteiger partial charge on any atom is -0.264 e. The van der Waals surface area contributed by atoms with E-state index in [2.05, 4.69) is 17.0 Å². The zero-order chi connectivity index (χ0) is 15.1. The molecule has 1 N–H and O–H groups in total. The molecule has 19 heavy (non-hydrogen) atoms. The van der Waals surface area contributed by atoms with Crippen LogP contribution in [0.15, 0.2) is 29.2 Å². The van der Waals surface area contributed by atoms with Crippen LogP contribution in [-0.4, -0.2) is 33.7 Å². The summed E-state index contributed by atoms with van der Waals surface area (Å²) < 4.78 is 56.1. The highest BCUT2D eigenvalue weighted by atomic mass is 32.3. The Morgan fingerprint density at radius 2 is 1.58 bits per heavy atom. The molecule has 0 aromatic heterocycles. The van der Waals surface area contributed by atoms with Crippen LogP contribution < -0.4 is 0 Å². The van der Waals surface area contributed by atoms with E-state index >= 15 is 0 Å². The lowest BCUT2D eigenvalue weighted by molar-refractivity contribution is 0.284. The van der Waals surface area contributed by atoms with Crippen molar-refractivity contribution in [3.63, 3.8) is 0 Å². The number of hydrogen-bond donors (Lipinski definition) is 1. The summed E-state index contributed by atoms with van der Waals surface area (Å²) in [5, 5.41) is 0. The summed E-state index contributed by atoms with van der Waals surface area (Å²) in [6, 6.07) is 6.13. The van der Waals surface area contributed by atoms with Gasteiger partial charge < -0.3 is 0 Å². The van der Waals surface area contributed by atoms with Crippen molar-refractivity contribution >= 4 is 20.2 Å². The van der Waals surface area contributed by atoms with Gasteiger partial charge in [-0.2, -0.15) is 8.42 Å². The Bertz CT molecular complexity index is 611. The second-order valence-electron chi connectivity index (χ2n) is 3.38. The van der Waals surface area contributed by atoms with E-state index in [1.807, 2.05) is 6.92 Å². The fraction of sp³-hybridized carbons (Fsp3) is 0.273. The molecule has 0 spiro atoms. The number of benzene rings is 1. The number of terminal acetylenes is 1. The summed E-state index contributed by atoms with van der Waals surface area (Å²) in [6.07, 6.45) is 8.00. The van der Waals surface area contributed by atoms with Crippen LogP contribution in [-0.2, 0) is 24.4 Å². The maximum atomic E-state index is 11.7. The molecule has 0 aliphatic rings. The molecular formula is C11H14O6S2. The van der Waals surface area contributed by atoms with Crippen molar-refractivity contribution in [2.45, 2.75) is 11.8 Å². The number of aryl methyl sites for hydroxylation is 1. The standard InChI is InChI=1S/C9H12O6S2.C2H2/c1-8-2-4-9(5-3-8)16(10,11)7-6-15-17(12,13)14;1-2/h2-5H,6-7H2,1H3,(H,12,13,14);1-2H. The molecule has 0 unspecified atom stereocenters. The van der Waals surface area contributed by atoms with Gasteiger partial charge >= 0.3 is 10.4 Å². The third kappa shape index (κ3) is 6.93. The van der Waals surface area contributed by atoms with E-state index in [0.717, 1.165) is 5.56 Å². The molecule has 0 fully saturated rings. The highest BCUT2D eigenvalue weighted by Crippen LogP contribution is 2.12. The van der Waals surface area contributed by atoms with Crippen molar-refractivity contribution in [2.24, 2.45) is 0 Å². The maximum Gasteiger partial charge on any atom is 0.397 e. The fourth-order valence-electron chi connectivity index (χ4n) is 1.11. The lowest BCUT2D eigenvalue weighted by Gasteiger charge is -2.04. The predicted octanol–water partition coefficient (Wildman–Crippen LogP) is 0.838. The van der Waals surface area contributed by atoms with Crippen molar-refractivity contribution in [2.75, 3.05) is 12.4 Å². The smallest absolute Gasteiger partial charge is 0.264 e. The zero-order valence-corrected chi connectivity index (χ0v) is 11.8. The fourth-order valence-corrected chi connectivity index (χ4v) is 2.60. The Morgan fingerprint density at radius 1 is 1.11 bits per heavy atom. The van der Waals surface area contributed by atoms with Gasteiger partial charge in [-0.3, -0.25) is 4.55 Å². The Balaban J connectivity index is 0.00000154. The minimum absolute atomic E-state index is 0.0852. The summed E-state index contributed by atoms with van der Waals surface area (Å²) in [7, 11) is -8.20. The van der Waals surface area contributed by atoms with Crippen molar-refractivity contribution in [3.8, 4) is 12.8 Å². The van der Waals surface area contributed by atoms with Crippen molar-refractivity contribution in [1.82, 2.24) is 0 Å². The largest absolute Gasteiger partial charge is 0.397 e. The predicted molar refractivity (Wildman–Crippen MR) is 70.6 cm³/mol. The average Bonchev–Trinajstić information content (AvgIpc) is 2.30. The monoisotopic (exact) mass is 306 g/mol. The van der Waals surface area contributed by atoms with Crippen molar-refractivity contribution in [3.05, 3.63) is 29.8 Å². The van der Waals surface area contributed by atoms with Crippen LogP contribution in [0.2, 0.25) is 0 Å².